The summed E-state index contributed by atoms with van der Waals surface area (Å²) in [5.74, 6) is -1.07. The second-order valence-corrected chi connectivity index (χ2v) is 9.94. The van der Waals surface area contributed by atoms with Gasteiger partial charge in [0.15, 0.2) is 23.3 Å². The molecule has 0 unspecified atom stereocenters. The number of hydrogen-bond acceptors (Lipinski definition) is 10. The van der Waals surface area contributed by atoms with Gasteiger partial charge in [0, 0.05) is 25.8 Å². The number of pyridine rings is 2. The smallest absolute Gasteiger partial charge is 0.408 e. The Morgan fingerprint density at radius 2 is 1.89 bits per heavy atom. The average Bonchev–Trinajstić information content (AvgIpc) is 2.87. The van der Waals surface area contributed by atoms with Crippen LogP contribution in [0.3, 0.4) is 0 Å². The molecule has 4 rings (SSSR count). The molecular weight excluding hydrogens is 500 g/mol. The molecule has 2 aliphatic heterocycles. The van der Waals surface area contributed by atoms with Gasteiger partial charge >= 0.3 is 6.09 Å². The minimum atomic E-state index is -0.765. The molecule has 0 radical (unpaired) electrons. The molecule has 0 bridgehead atoms. The fraction of sp³-hybridized carbons (Fsp3) is 0.520. The van der Waals surface area contributed by atoms with E-state index in [0.717, 1.165) is 12.3 Å². The van der Waals surface area contributed by atoms with Crippen molar-refractivity contribution in [2.75, 3.05) is 55.1 Å². The first-order valence-corrected chi connectivity index (χ1v) is 12.3. The fourth-order valence-electron chi connectivity index (χ4n) is 4.07. The van der Waals surface area contributed by atoms with Crippen LogP contribution in [0.25, 0.3) is 0 Å². The number of carbonyl (C=O) groups is 1. The number of ether oxygens (including phenoxy) is 3. The molecule has 2 fully saturated rings. The Kier molecular flexibility index (Phi) is 8.43. The van der Waals surface area contributed by atoms with Crippen molar-refractivity contribution in [3.8, 4) is 6.07 Å². The van der Waals surface area contributed by atoms with E-state index in [1.807, 2.05) is 11.0 Å². The van der Waals surface area contributed by atoms with Gasteiger partial charge in [-0.25, -0.2) is 23.5 Å². The van der Waals surface area contributed by atoms with Crippen molar-refractivity contribution in [2.45, 2.75) is 44.9 Å². The van der Waals surface area contributed by atoms with Crippen LogP contribution in [0.15, 0.2) is 18.3 Å². The summed E-state index contributed by atoms with van der Waals surface area (Å²) >= 11 is 0. The summed E-state index contributed by atoms with van der Waals surface area (Å²) in [5.41, 5.74) is -0.750. The van der Waals surface area contributed by atoms with Gasteiger partial charge in [0.05, 0.1) is 49.4 Å². The Balaban J connectivity index is 1.55. The van der Waals surface area contributed by atoms with Crippen molar-refractivity contribution in [3.63, 3.8) is 0 Å². The normalized spacial score (nSPS) is 19.8. The second-order valence-electron chi connectivity index (χ2n) is 9.94. The summed E-state index contributed by atoms with van der Waals surface area (Å²) in [4.78, 5) is 22.7. The van der Waals surface area contributed by atoms with Gasteiger partial charge in [-0.05, 0) is 33.3 Å². The van der Waals surface area contributed by atoms with Crippen LogP contribution in [0.4, 0.5) is 36.7 Å². The Morgan fingerprint density at radius 1 is 1.13 bits per heavy atom. The van der Waals surface area contributed by atoms with Crippen LogP contribution in [0.5, 0.6) is 0 Å². The van der Waals surface area contributed by atoms with Gasteiger partial charge < -0.3 is 35.1 Å². The van der Waals surface area contributed by atoms with Crippen LogP contribution >= 0.6 is 0 Å². The number of aromatic nitrogens is 2. The Labute approximate surface area is 219 Å². The third kappa shape index (κ3) is 6.96. The molecule has 0 spiro atoms. The van der Waals surface area contributed by atoms with Gasteiger partial charge in [-0.3, -0.25) is 0 Å². The lowest BCUT2D eigenvalue weighted by Crippen LogP contribution is -2.53. The lowest BCUT2D eigenvalue weighted by Gasteiger charge is -2.33. The summed E-state index contributed by atoms with van der Waals surface area (Å²) in [7, 11) is 0. The van der Waals surface area contributed by atoms with Gasteiger partial charge in [-0.2, -0.15) is 5.26 Å². The van der Waals surface area contributed by atoms with Crippen LogP contribution in [0, 0.1) is 23.0 Å². The Hall–Kier alpha value is -3.76. The number of carbonyl (C=O) groups excluding carboxylic acids is 1. The van der Waals surface area contributed by atoms with Crippen molar-refractivity contribution in [2.24, 2.45) is 0 Å². The molecular formula is C25H31F2N7O4. The lowest BCUT2D eigenvalue weighted by molar-refractivity contribution is 0.0317. The highest BCUT2D eigenvalue weighted by molar-refractivity contribution is 5.69. The number of rotatable bonds is 6. The van der Waals surface area contributed by atoms with E-state index >= 15 is 0 Å². The van der Waals surface area contributed by atoms with E-state index in [4.69, 9.17) is 14.2 Å². The maximum atomic E-state index is 15.0. The van der Waals surface area contributed by atoms with E-state index in [1.165, 1.54) is 6.07 Å². The van der Waals surface area contributed by atoms with Gasteiger partial charge in [0.1, 0.15) is 17.5 Å². The standard InChI is InChI=1S/C25H31F2N7O4/c1-25(2,3)38-24(35)32-20-14-37-7-4-18(20)30-23-16(26)10-15(12-28)22(33-23)31-19-11-21(29-13-17(19)27)34-5-8-36-9-6-34/h10-11,13,18,20H,4-9,14H2,1-3H3,(H,32,35)(H2,29,30,31,33)/t18-,20+/m1/s1. The SMILES string of the molecule is CC(C)(C)OC(=O)N[C@H]1COCC[C@H]1Nc1nc(Nc2cc(N3CCOCC3)ncc2F)c(C#N)cc1F. The van der Waals surface area contributed by atoms with Crippen molar-refractivity contribution in [1.29, 1.82) is 5.26 Å². The van der Waals surface area contributed by atoms with Gasteiger partial charge in [-0.15, -0.1) is 0 Å². The van der Waals surface area contributed by atoms with Crippen molar-refractivity contribution < 1.29 is 27.8 Å². The van der Waals surface area contributed by atoms with E-state index in [1.54, 1.807) is 20.8 Å². The van der Waals surface area contributed by atoms with Crippen molar-refractivity contribution in [1.82, 2.24) is 15.3 Å². The zero-order valence-corrected chi connectivity index (χ0v) is 21.5. The molecule has 38 heavy (non-hydrogen) atoms. The van der Waals surface area contributed by atoms with E-state index in [0.29, 0.717) is 45.1 Å². The zero-order valence-electron chi connectivity index (χ0n) is 21.5. The van der Waals surface area contributed by atoms with E-state index < -0.39 is 35.4 Å². The van der Waals surface area contributed by atoms with Crippen molar-refractivity contribution >= 4 is 29.2 Å². The molecule has 0 aliphatic carbocycles. The first-order chi connectivity index (χ1) is 18.1. The van der Waals surface area contributed by atoms with Crippen LogP contribution in [-0.4, -0.2) is 73.3 Å². The fourth-order valence-corrected chi connectivity index (χ4v) is 4.07. The highest BCUT2D eigenvalue weighted by Crippen LogP contribution is 2.28. The number of halogens is 2. The number of anilines is 4. The van der Waals surface area contributed by atoms with Gasteiger partial charge in [-0.1, -0.05) is 0 Å². The van der Waals surface area contributed by atoms with Crippen molar-refractivity contribution in [3.05, 3.63) is 35.5 Å². The molecule has 0 aromatic carbocycles. The van der Waals surface area contributed by atoms with Crippen LogP contribution in [0.2, 0.25) is 0 Å². The predicted octanol–water partition coefficient (Wildman–Crippen LogP) is 3.30. The summed E-state index contributed by atoms with van der Waals surface area (Å²) in [6, 6.07) is 3.46. The third-order valence-electron chi connectivity index (χ3n) is 5.91. The van der Waals surface area contributed by atoms with Crippen LogP contribution in [0.1, 0.15) is 32.8 Å². The lowest BCUT2D eigenvalue weighted by atomic mass is 10.0. The van der Waals surface area contributed by atoms with E-state index in [2.05, 4.69) is 25.9 Å². The largest absolute Gasteiger partial charge is 0.444 e. The predicted molar refractivity (Wildman–Crippen MR) is 135 cm³/mol. The molecule has 3 N–H and O–H groups in total. The summed E-state index contributed by atoms with van der Waals surface area (Å²) < 4.78 is 45.8. The molecule has 2 aliphatic rings. The van der Waals surface area contributed by atoms with Gasteiger partial charge in [0.25, 0.3) is 0 Å². The zero-order chi connectivity index (χ0) is 27.3. The Bertz CT molecular complexity index is 1200. The summed E-state index contributed by atoms with van der Waals surface area (Å²) in [5, 5.41) is 18.1. The number of nitrogens with zero attached hydrogens (tertiary/aromatic N) is 4. The third-order valence-corrected chi connectivity index (χ3v) is 5.91. The number of nitrogens with one attached hydrogen (secondary N) is 3. The monoisotopic (exact) mass is 531 g/mol. The first kappa shape index (κ1) is 27.3. The van der Waals surface area contributed by atoms with E-state index in [9.17, 15) is 18.8 Å². The van der Waals surface area contributed by atoms with Gasteiger partial charge in [0.2, 0.25) is 0 Å². The molecule has 0 saturated carbocycles. The molecule has 2 aromatic rings. The van der Waals surface area contributed by atoms with Crippen LogP contribution in [-0.2, 0) is 14.2 Å². The summed E-state index contributed by atoms with van der Waals surface area (Å²) in [6.07, 6.45) is 0.905. The number of alkyl carbamates (subject to hydrolysis) is 1. The molecule has 13 heteroatoms. The van der Waals surface area contributed by atoms with Crippen LogP contribution < -0.4 is 20.9 Å². The number of amides is 1. The molecule has 2 atom stereocenters. The topological polar surface area (TPSA) is 134 Å². The number of nitriles is 1. The Morgan fingerprint density at radius 3 is 2.61 bits per heavy atom. The number of morpholine rings is 1. The second kappa shape index (κ2) is 11.7. The molecule has 2 aromatic heterocycles. The first-order valence-electron chi connectivity index (χ1n) is 12.3. The van der Waals surface area contributed by atoms with E-state index in [-0.39, 0.29) is 29.5 Å². The number of hydrogen-bond donors (Lipinski definition) is 3. The minimum Gasteiger partial charge on any atom is -0.444 e. The quantitative estimate of drug-likeness (QED) is 0.510. The maximum absolute atomic E-state index is 15.0. The molecule has 1 amide bonds. The average molecular weight is 532 g/mol. The molecule has 11 nitrogen and oxygen atoms in total. The highest BCUT2D eigenvalue weighted by Gasteiger charge is 2.30. The minimum absolute atomic E-state index is 0.0295. The maximum Gasteiger partial charge on any atom is 0.408 e. The molecule has 2 saturated heterocycles. The highest BCUT2D eigenvalue weighted by atomic mass is 19.1. The molecule has 204 valence electrons. The summed E-state index contributed by atoms with van der Waals surface area (Å²) in [6.45, 7) is 8.10. The molecule has 4 heterocycles.